The number of rotatable bonds is 6. The molecule has 0 aliphatic carbocycles. The fourth-order valence-electron chi connectivity index (χ4n) is 4.98. The number of aromatic nitrogens is 1. The maximum atomic E-state index is 13.8. The van der Waals surface area contributed by atoms with Gasteiger partial charge in [0, 0.05) is 43.3 Å². The van der Waals surface area contributed by atoms with Crippen molar-refractivity contribution in [3.05, 3.63) is 71.7 Å². The van der Waals surface area contributed by atoms with Crippen molar-refractivity contribution in [3.63, 3.8) is 0 Å². The van der Waals surface area contributed by atoms with Crippen LogP contribution in [-0.4, -0.2) is 80.2 Å². The van der Waals surface area contributed by atoms with E-state index in [1.54, 1.807) is 22.7 Å². The molecule has 1 unspecified atom stereocenters. The van der Waals surface area contributed by atoms with Gasteiger partial charge >= 0.3 is 6.09 Å². The van der Waals surface area contributed by atoms with Crippen LogP contribution >= 0.6 is 0 Å². The molecule has 2 saturated heterocycles. The number of hydrogen-bond acceptors (Lipinski definition) is 9. The monoisotopic (exact) mass is 559 g/mol. The van der Waals surface area contributed by atoms with Gasteiger partial charge in [0.15, 0.2) is 12.5 Å². The maximum Gasteiger partial charge on any atom is 0.410 e. The van der Waals surface area contributed by atoms with Crippen molar-refractivity contribution >= 4 is 35.4 Å². The van der Waals surface area contributed by atoms with E-state index < -0.39 is 18.0 Å². The predicted molar refractivity (Wildman–Crippen MR) is 140 cm³/mol. The lowest BCUT2D eigenvalue weighted by atomic mass is 9.90. The smallest absolute Gasteiger partial charge is 0.410 e. The Morgan fingerprint density at radius 2 is 1.82 bits per heavy atom. The van der Waals surface area contributed by atoms with Crippen molar-refractivity contribution < 1.29 is 33.1 Å². The number of benzene rings is 2. The summed E-state index contributed by atoms with van der Waals surface area (Å²) in [5.41, 5.74) is 4.54. The molecule has 0 saturated carbocycles. The summed E-state index contributed by atoms with van der Waals surface area (Å²) < 4.78 is 27.0. The summed E-state index contributed by atoms with van der Waals surface area (Å²) in [4.78, 5) is 35.7. The van der Waals surface area contributed by atoms with Gasteiger partial charge < -0.3 is 14.6 Å². The number of hydrogen-bond donors (Lipinski definition) is 3. The highest BCUT2D eigenvalue weighted by molar-refractivity contribution is 7.44. The molecule has 3 aromatic rings. The molecule has 1 aromatic heterocycles. The van der Waals surface area contributed by atoms with E-state index in [-0.39, 0.29) is 31.4 Å². The zero-order valence-electron chi connectivity index (χ0n) is 21.1. The molecule has 5 rings (SSSR count). The average molecular weight is 560 g/mol. The number of nitrogens with one attached hydrogen (secondary N) is 2. The quantitative estimate of drug-likeness (QED) is 0.309. The van der Waals surface area contributed by atoms with Crippen molar-refractivity contribution in [3.8, 4) is 0 Å². The highest BCUT2D eigenvalue weighted by Crippen LogP contribution is 2.34. The topological polar surface area (TPSA) is 127 Å². The van der Waals surface area contributed by atoms with E-state index in [4.69, 9.17) is 13.9 Å². The molecule has 208 valence electrons. The number of hydroxylamine groups is 5. The van der Waals surface area contributed by atoms with Gasteiger partial charge in [-0.1, -0.05) is 30.3 Å². The lowest BCUT2D eigenvalue weighted by molar-refractivity contribution is -0.347. The Labute approximate surface area is 229 Å². The number of piperidine rings is 1. The SMILES string of the molecule is O=C(NO)C1CN(C(=O)OCc2ccccc2)CCN1ON1CCC(c2c[nH]c3ccc(F)cc23)CC1.O=S. The molecule has 0 bridgehead atoms. The van der Waals surface area contributed by atoms with E-state index in [2.05, 4.69) is 17.5 Å². The largest absolute Gasteiger partial charge is 0.445 e. The van der Waals surface area contributed by atoms with Crippen molar-refractivity contribution in [1.29, 1.82) is 0 Å². The first-order valence-electron chi connectivity index (χ1n) is 12.5. The van der Waals surface area contributed by atoms with Crippen molar-refractivity contribution in [2.75, 3.05) is 32.7 Å². The van der Waals surface area contributed by atoms with E-state index in [9.17, 15) is 19.2 Å². The number of ether oxygens (including phenoxy) is 1. The Morgan fingerprint density at radius 1 is 1.08 bits per heavy atom. The van der Waals surface area contributed by atoms with Gasteiger partial charge in [0.25, 0.3) is 5.91 Å². The number of piperazine rings is 1. The van der Waals surface area contributed by atoms with Crippen LogP contribution in [0.3, 0.4) is 0 Å². The molecule has 0 radical (unpaired) electrons. The Hall–Kier alpha value is -3.49. The molecule has 11 nitrogen and oxygen atoms in total. The normalized spacial score (nSPS) is 18.8. The minimum atomic E-state index is -0.905. The van der Waals surface area contributed by atoms with E-state index in [0.29, 0.717) is 19.6 Å². The third kappa shape index (κ3) is 6.94. The molecular formula is C26H30FN5O6S. The number of H-pyrrole nitrogens is 1. The minimum Gasteiger partial charge on any atom is -0.445 e. The van der Waals surface area contributed by atoms with Crippen molar-refractivity contribution in [1.82, 2.24) is 25.5 Å². The predicted octanol–water partition coefficient (Wildman–Crippen LogP) is 2.83. The summed E-state index contributed by atoms with van der Waals surface area (Å²) in [6.45, 7) is 1.93. The summed E-state index contributed by atoms with van der Waals surface area (Å²) in [7, 11) is 0. The van der Waals surface area contributed by atoms with Crippen LogP contribution in [-0.2, 0) is 33.6 Å². The fraction of sp³-hybridized carbons (Fsp3) is 0.385. The first kappa shape index (κ1) is 28.5. The number of amides is 2. The second kappa shape index (κ2) is 13.5. The second-order valence-electron chi connectivity index (χ2n) is 9.34. The van der Waals surface area contributed by atoms with Gasteiger partial charge in [-0.05, 0) is 48.1 Å². The number of carbonyl (C=O) groups excluding carboxylic acids is 2. The molecule has 1 atom stereocenters. The zero-order chi connectivity index (χ0) is 27.8. The number of fused-ring (bicyclic) bond motifs is 1. The molecule has 2 amide bonds. The third-order valence-electron chi connectivity index (χ3n) is 7.00. The van der Waals surface area contributed by atoms with E-state index in [1.807, 2.05) is 36.5 Å². The lowest BCUT2D eigenvalue weighted by Gasteiger charge is -2.41. The molecule has 2 aromatic carbocycles. The number of nitrogens with zero attached hydrogens (tertiary/aromatic N) is 3. The van der Waals surface area contributed by atoms with Crippen LogP contribution in [0.25, 0.3) is 10.9 Å². The summed E-state index contributed by atoms with van der Waals surface area (Å²) in [5, 5.41) is 13.5. The molecule has 13 heteroatoms. The van der Waals surface area contributed by atoms with Gasteiger partial charge in [0.05, 0.1) is 6.54 Å². The van der Waals surface area contributed by atoms with Crippen LogP contribution in [0.15, 0.2) is 54.7 Å². The maximum absolute atomic E-state index is 13.8. The van der Waals surface area contributed by atoms with Gasteiger partial charge in [-0.15, -0.1) is 0 Å². The van der Waals surface area contributed by atoms with E-state index in [0.717, 1.165) is 34.9 Å². The lowest BCUT2D eigenvalue weighted by Crippen LogP contribution is -2.61. The molecule has 2 aliphatic rings. The second-order valence-corrected chi connectivity index (χ2v) is 9.34. The Balaban J connectivity index is 0.00000172. The molecule has 3 N–H and O–H groups in total. The molecule has 3 heterocycles. The van der Waals surface area contributed by atoms with Gasteiger partial charge in [0.1, 0.15) is 18.5 Å². The fourth-order valence-corrected chi connectivity index (χ4v) is 4.98. The number of carbonyl (C=O) groups is 2. The van der Waals surface area contributed by atoms with Crippen LogP contribution in [0.1, 0.15) is 29.9 Å². The highest BCUT2D eigenvalue weighted by Gasteiger charge is 2.38. The van der Waals surface area contributed by atoms with Gasteiger partial charge in [-0.2, -0.15) is 14.3 Å². The molecule has 39 heavy (non-hydrogen) atoms. The molecule has 0 spiro atoms. The molecular weight excluding hydrogens is 529 g/mol. The standard InChI is InChI=1S/C26H30FN5O5.OS/c27-20-6-7-23-21(14-20)22(15-28-23)19-8-10-31(11-9-19)37-32-13-12-30(16-24(32)25(33)29-35)26(34)36-17-18-4-2-1-3-5-18;1-2/h1-7,14-15,19,24,28,35H,8-13,16-17H2,(H,29,33);. The summed E-state index contributed by atoms with van der Waals surface area (Å²) >= 11 is 2.83. The van der Waals surface area contributed by atoms with Crippen LogP contribution in [0.4, 0.5) is 9.18 Å². The van der Waals surface area contributed by atoms with Gasteiger partial charge in [-0.3, -0.25) is 10.0 Å². The third-order valence-corrected chi connectivity index (χ3v) is 7.00. The van der Waals surface area contributed by atoms with Crippen LogP contribution in [0, 0.1) is 5.82 Å². The molecule has 2 aliphatic heterocycles. The summed E-state index contributed by atoms with van der Waals surface area (Å²) in [6.07, 6.45) is 3.01. The summed E-state index contributed by atoms with van der Waals surface area (Å²) in [6, 6.07) is 13.2. The zero-order valence-corrected chi connectivity index (χ0v) is 21.9. The van der Waals surface area contributed by atoms with Gasteiger partial charge in [-0.25, -0.2) is 19.6 Å². The van der Waals surface area contributed by atoms with Crippen LogP contribution < -0.4 is 5.48 Å². The Morgan fingerprint density at radius 3 is 2.54 bits per heavy atom. The Bertz CT molecular complexity index is 1260. The van der Waals surface area contributed by atoms with Crippen LogP contribution in [0.5, 0.6) is 0 Å². The minimum absolute atomic E-state index is 0.0113. The van der Waals surface area contributed by atoms with E-state index in [1.165, 1.54) is 16.0 Å². The Kier molecular flexibility index (Phi) is 9.90. The molecule has 2 fully saturated rings. The first-order valence-corrected chi connectivity index (χ1v) is 12.9. The van der Waals surface area contributed by atoms with Crippen molar-refractivity contribution in [2.24, 2.45) is 0 Å². The number of halogens is 1. The van der Waals surface area contributed by atoms with Crippen LogP contribution in [0.2, 0.25) is 0 Å². The highest BCUT2D eigenvalue weighted by atomic mass is 32.1. The number of aromatic amines is 1. The first-order chi connectivity index (χ1) is 19.0. The van der Waals surface area contributed by atoms with Gasteiger partial charge in [0.2, 0.25) is 0 Å². The average Bonchev–Trinajstić information content (AvgIpc) is 3.40. The van der Waals surface area contributed by atoms with Crippen molar-refractivity contribution in [2.45, 2.75) is 31.4 Å². The van der Waals surface area contributed by atoms with E-state index >= 15 is 0 Å². The summed E-state index contributed by atoms with van der Waals surface area (Å²) in [5.74, 6) is -0.676.